The van der Waals surface area contributed by atoms with Crippen molar-refractivity contribution in [2.24, 2.45) is 5.92 Å². The molecule has 0 aromatic heterocycles. The van der Waals surface area contributed by atoms with Crippen molar-refractivity contribution >= 4 is 5.97 Å². The normalized spacial score (nSPS) is 16.6. The van der Waals surface area contributed by atoms with Gasteiger partial charge in [-0.3, -0.25) is 0 Å². The van der Waals surface area contributed by atoms with Gasteiger partial charge in [-0.25, -0.2) is 4.79 Å². The summed E-state index contributed by atoms with van der Waals surface area (Å²) in [6, 6.07) is 0. The maximum Gasteiger partial charge on any atom is 0.335 e. The van der Waals surface area contributed by atoms with Gasteiger partial charge in [0.2, 0.25) is 0 Å². The van der Waals surface area contributed by atoms with Crippen LogP contribution in [-0.2, 0) is 14.3 Å². The van der Waals surface area contributed by atoms with Crippen LogP contribution in [0, 0.1) is 5.92 Å². The van der Waals surface area contributed by atoms with Gasteiger partial charge < -0.3 is 9.47 Å². The van der Waals surface area contributed by atoms with Crippen molar-refractivity contribution in [2.45, 2.75) is 32.6 Å². The summed E-state index contributed by atoms with van der Waals surface area (Å²) in [4.78, 5) is 11.2. The molecule has 15 heavy (non-hydrogen) atoms. The SMILES string of the molecule is C=C(COCC1CCCC1)C(=O)OCC. The van der Waals surface area contributed by atoms with E-state index in [9.17, 15) is 4.79 Å². The summed E-state index contributed by atoms with van der Waals surface area (Å²) in [6.07, 6.45) is 5.14. The molecule has 1 fully saturated rings. The third kappa shape index (κ3) is 4.47. The molecule has 1 saturated carbocycles. The minimum atomic E-state index is -0.344. The van der Waals surface area contributed by atoms with Gasteiger partial charge in [0.25, 0.3) is 0 Å². The maximum absolute atomic E-state index is 11.2. The summed E-state index contributed by atoms with van der Waals surface area (Å²) < 4.78 is 10.3. The molecule has 0 radical (unpaired) electrons. The van der Waals surface area contributed by atoms with Crippen molar-refractivity contribution in [3.63, 3.8) is 0 Å². The van der Waals surface area contributed by atoms with Crippen molar-refractivity contribution in [2.75, 3.05) is 19.8 Å². The van der Waals surface area contributed by atoms with Gasteiger partial charge in [-0.15, -0.1) is 0 Å². The fourth-order valence-corrected chi connectivity index (χ4v) is 1.82. The van der Waals surface area contributed by atoms with Gasteiger partial charge in [-0.05, 0) is 25.7 Å². The molecule has 0 saturated heterocycles. The highest BCUT2D eigenvalue weighted by Gasteiger charge is 2.15. The second-order valence-corrected chi connectivity index (χ2v) is 3.99. The van der Waals surface area contributed by atoms with Crippen LogP contribution in [0.3, 0.4) is 0 Å². The minimum absolute atomic E-state index is 0.301. The molecule has 3 nitrogen and oxygen atoms in total. The fourth-order valence-electron chi connectivity index (χ4n) is 1.82. The topological polar surface area (TPSA) is 35.5 Å². The smallest absolute Gasteiger partial charge is 0.335 e. The average molecular weight is 212 g/mol. The Bertz CT molecular complexity index is 217. The van der Waals surface area contributed by atoms with E-state index in [1.54, 1.807) is 6.92 Å². The molecule has 0 unspecified atom stereocenters. The van der Waals surface area contributed by atoms with E-state index in [2.05, 4.69) is 6.58 Å². The van der Waals surface area contributed by atoms with E-state index in [-0.39, 0.29) is 5.97 Å². The Hall–Kier alpha value is -0.830. The summed E-state index contributed by atoms with van der Waals surface area (Å²) in [5.41, 5.74) is 0.412. The van der Waals surface area contributed by atoms with Gasteiger partial charge in [0, 0.05) is 6.61 Å². The Kier molecular flexibility index (Phi) is 5.40. The average Bonchev–Trinajstić information content (AvgIpc) is 2.71. The van der Waals surface area contributed by atoms with Crippen molar-refractivity contribution < 1.29 is 14.3 Å². The molecule has 0 spiro atoms. The Morgan fingerprint density at radius 2 is 2.07 bits per heavy atom. The molecule has 1 rings (SSSR count). The van der Waals surface area contributed by atoms with Gasteiger partial charge >= 0.3 is 5.97 Å². The lowest BCUT2D eigenvalue weighted by atomic mass is 10.1. The van der Waals surface area contributed by atoms with E-state index < -0.39 is 0 Å². The molecule has 0 aromatic rings. The molecule has 0 amide bonds. The molecule has 0 bridgehead atoms. The summed E-state index contributed by atoms with van der Waals surface area (Å²) in [5.74, 6) is 0.337. The molecule has 0 N–H and O–H groups in total. The predicted octanol–water partition coefficient (Wildman–Crippen LogP) is 2.31. The second kappa shape index (κ2) is 6.62. The van der Waals surface area contributed by atoms with Gasteiger partial charge in [0.05, 0.1) is 18.8 Å². The van der Waals surface area contributed by atoms with Gasteiger partial charge in [0.15, 0.2) is 0 Å². The molecular formula is C12H20O3. The summed E-state index contributed by atoms with van der Waals surface area (Å²) in [5, 5.41) is 0. The van der Waals surface area contributed by atoms with Crippen LogP contribution in [0.2, 0.25) is 0 Å². The zero-order valence-corrected chi connectivity index (χ0v) is 9.46. The predicted molar refractivity (Wildman–Crippen MR) is 58.6 cm³/mol. The number of hydrogen-bond donors (Lipinski definition) is 0. The number of carbonyl (C=O) groups excluding carboxylic acids is 1. The second-order valence-electron chi connectivity index (χ2n) is 3.99. The minimum Gasteiger partial charge on any atom is -0.463 e. The first-order valence-corrected chi connectivity index (χ1v) is 5.66. The van der Waals surface area contributed by atoms with Crippen LogP contribution < -0.4 is 0 Å². The first-order valence-electron chi connectivity index (χ1n) is 5.66. The summed E-state index contributed by atoms with van der Waals surface area (Å²) in [6.45, 7) is 6.86. The molecule has 0 heterocycles. The number of hydrogen-bond acceptors (Lipinski definition) is 3. The Morgan fingerprint density at radius 1 is 1.40 bits per heavy atom. The van der Waals surface area contributed by atoms with E-state index in [0.29, 0.717) is 24.7 Å². The Morgan fingerprint density at radius 3 is 2.67 bits per heavy atom. The highest BCUT2D eigenvalue weighted by molar-refractivity contribution is 5.87. The third-order valence-electron chi connectivity index (χ3n) is 2.67. The largest absolute Gasteiger partial charge is 0.463 e. The maximum atomic E-state index is 11.2. The van der Waals surface area contributed by atoms with Crippen molar-refractivity contribution in [3.8, 4) is 0 Å². The lowest BCUT2D eigenvalue weighted by Crippen LogP contribution is -2.14. The molecular weight excluding hydrogens is 192 g/mol. The lowest BCUT2D eigenvalue weighted by molar-refractivity contribution is -0.139. The Balaban J connectivity index is 2.08. The van der Waals surface area contributed by atoms with E-state index in [4.69, 9.17) is 9.47 Å². The van der Waals surface area contributed by atoms with Crippen LogP contribution in [0.4, 0.5) is 0 Å². The summed E-state index contributed by atoms with van der Waals surface area (Å²) >= 11 is 0. The molecule has 1 aliphatic carbocycles. The zero-order chi connectivity index (χ0) is 11.1. The number of carbonyl (C=O) groups is 1. The van der Waals surface area contributed by atoms with Crippen molar-refractivity contribution in [3.05, 3.63) is 12.2 Å². The van der Waals surface area contributed by atoms with Crippen LogP contribution in [0.15, 0.2) is 12.2 Å². The van der Waals surface area contributed by atoms with E-state index in [0.717, 1.165) is 6.61 Å². The van der Waals surface area contributed by atoms with E-state index in [1.165, 1.54) is 25.7 Å². The van der Waals surface area contributed by atoms with Crippen LogP contribution in [0.1, 0.15) is 32.6 Å². The molecule has 0 aliphatic heterocycles. The molecule has 0 aromatic carbocycles. The molecule has 0 atom stereocenters. The number of esters is 1. The van der Waals surface area contributed by atoms with Crippen LogP contribution in [-0.4, -0.2) is 25.8 Å². The van der Waals surface area contributed by atoms with Gasteiger partial charge in [-0.1, -0.05) is 19.4 Å². The van der Waals surface area contributed by atoms with E-state index in [1.807, 2.05) is 0 Å². The molecule has 3 heteroatoms. The zero-order valence-electron chi connectivity index (χ0n) is 9.46. The van der Waals surface area contributed by atoms with Crippen LogP contribution in [0.25, 0.3) is 0 Å². The number of ether oxygens (including phenoxy) is 2. The van der Waals surface area contributed by atoms with E-state index >= 15 is 0 Å². The first kappa shape index (κ1) is 12.2. The van der Waals surface area contributed by atoms with Crippen LogP contribution in [0.5, 0.6) is 0 Å². The van der Waals surface area contributed by atoms with Gasteiger partial charge in [0.1, 0.15) is 0 Å². The van der Waals surface area contributed by atoms with Crippen LogP contribution >= 0.6 is 0 Å². The highest BCUT2D eigenvalue weighted by atomic mass is 16.5. The lowest BCUT2D eigenvalue weighted by Gasteiger charge is -2.10. The van der Waals surface area contributed by atoms with Gasteiger partial charge in [-0.2, -0.15) is 0 Å². The Labute approximate surface area is 91.4 Å². The quantitative estimate of drug-likeness (QED) is 0.500. The monoisotopic (exact) mass is 212 g/mol. The third-order valence-corrected chi connectivity index (χ3v) is 2.67. The summed E-state index contributed by atoms with van der Waals surface area (Å²) in [7, 11) is 0. The van der Waals surface area contributed by atoms with Crippen molar-refractivity contribution in [1.82, 2.24) is 0 Å². The molecule has 86 valence electrons. The first-order chi connectivity index (χ1) is 7.24. The van der Waals surface area contributed by atoms with Crippen molar-refractivity contribution in [1.29, 1.82) is 0 Å². The highest BCUT2D eigenvalue weighted by Crippen LogP contribution is 2.24. The molecule has 1 aliphatic rings. The standard InChI is InChI=1S/C12H20O3/c1-3-15-12(13)10(2)8-14-9-11-6-4-5-7-11/h11H,2-9H2,1H3. The number of rotatable bonds is 6. The fraction of sp³-hybridized carbons (Fsp3) is 0.750.